The summed E-state index contributed by atoms with van der Waals surface area (Å²) in [4.78, 5) is 13.6. The summed E-state index contributed by atoms with van der Waals surface area (Å²) in [5, 5.41) is 0. The molecule has 0 radical (unpaired) electrons. The van der Waals surface area contributed by atoms with Crippen LogP contribution >= 0.6 is 0 Å². The summed E-state index contributed by atoms with van der Waals surface area (Å²) in [6.45, 7) is 6.00. The number of rotatable bonds is 1. The molecule has 0 bridgehead atoms. The number of alkyl halides is 3. The van der Waals surface area contributed by atoms with Crippen molar-refractivity contribution in [3.63, 3.8) is 0 Å². The van der Waals surface area contributed by atoms with Gasteiger partial charge in [-0.15, -0.1) is 0 Å². The summed E-state index contributed by atoms with van der Waals surface area (Å²) in [5.41, 5.74) is 5.41. The molecule has 1 amide bonds. The van der Waals surface area contributed by atoms with Gasteiger partial charge in [0, 0.05) is 25.0 Å². The normalized spacial score (nSPS) is 22.4. The Labute approximate surface area is 139 Å². The van der Waals surface area contributed by atoms with Gasteiger partial charge in [0.25, 0.3) is 0 Å². The molecular formula is C17H23F3N2O2. The summed E-state index contributed by atoms with van der Waals surface area (Å²) in [6.07, 6.45) is -4.32. The van der Waals surface area contributed by atoms with E-state index in [9.17, 15) is 18.0 Å². The van der Waals surface area contributed by atoms with E-state index in [1.807, 2.05) is 0 Å². The molecule has 1 aliphatic rings. The number of benzene rings is 1. The van der Waals surface area contributed by atoms with Crippen LogP contribution in [0.5, 0.6) is 0 Å². The van der Waals surface area contributed by atoms with Crippen LogP contribution in [0.2, 0.25) is 0 Å². The maximum atomic E-state index is 12.9. The van der Waals surface area contributed by atoms with Crippen molar-refractivity contribution in [2.75, 3.05) is 13.1 Å². The number of hydrogen-bond donors (Lipinski definition) is 1. The number of halogens is 3. The van der Waals surface area contributed by atoms with Crippen LogP contribution < -0.4 is 5.73 Å². The number of nitrogens with two attached hydrogens (primary N) is 1. The van der Waals surface area contributed by atoms with Crippen molar-refractivity contribution in [3.05, 3.63) is 35.4 Å². The number of carbonyl (C=O) groups excluding carboxylic acids is 1. The topological polar surface area (TPSA) is 55.6 Å². The van der Waals surface area contributed by atoms with Crippen LogP contribution in [0, 0.1) is 0 Å². The minimum atomic E-state index is -4.38. The Balaban J connectivity index is 2.08. The molecule has 7 heteroatoms. The minimum Gasteiger partial charge on any atom is -0.444 e. The lowest BCUT2D eigenvalue weighted by Crippen LogP contribution is -2.50. The van der Waals surface area contributed by atoms with Gasteiger partial charge < -0.3 is 15.4 Å². The lowest BCUT2D eigenvalue weighted by molar-refractivity contribution is -0.137. The van der Waals surface area contributed by atoms with Gasteiger partial charge in [0.1, 0.15) is 5.60 Å². The maximum Gasteiger partial charge on any atom is 0.416 e. The molecule has 2 atom stereocenters. The molecule has 1 aromatic rings. The molecule has 4 nitrogen and oxygen atoms in total. The summed E-state index contributed by atoms with van der Waals surface area (Å²) in [7, 11) is 0. The van der Waals surface area contributed by atoms with Crippen molar-refractivity contribution >= 4 is 6.09 Å². The minimum absolute atomic E-state index is 0.217. The Kier molecular flexibility index (Phi) is 5.13. The number of ether oxygens (including phenoxy) is 1. The molecule has 24 heavy (non-hydrogen) atoms. The molecule has 2 rings (SSSR count). The first-order valence-electron chi connectivity index (χ1n) is 7.88. The molecule has 1 aromatic carbocycles. The Morgan fingerprint density at radius 1 is 1.29 bits per heavy atom. The first-order chi connectivity index (χ1) is 11.0. The van der Waals surface area contributed by atoms with Crippen molar-refractivity contribution in [1.29, 1.82) is 0 Å². The average Bonchev–Trinajstić information content (AvgIpc) is 2.44. The van der Waals surface area contributed by atoms with Gasteiger partial charge in [-0.05, 0) is 38.8 Å². The lowest BCUT2D eigenvalue weighted by atomic mass is 9.85. The van der Waals surface area contributed by atoms with Gasteiger partial charge in [0.05, 0.1) is 5.56 Å². The SMILES string of the molecule is CC(C)(C)OC(=O)N1CC[C@H](c2cccc(C(F)(F)F)c2)[C@@H](N)C1. The standard InChI is InChI=1S/C17H23F3N2O2/c1-16(2,3)24-15(23)22-8-7-13(14(21)10-22)11-5-4-6-12(9-11)17(18,19)20/h4-6,9,13-14H,7-8,10,21H2,1-3H3/t13-,14+/m1/s1. The predicted octanol–water partition coefficient (Wildman–Crippen LogP) is 3.76. The second-order valence-corrected chi connectivity index (χ2v) is 7.11. The number of amides is 1. The van der Waals surface area contributed by atoms with Crippen LogP contribution in [0.3, 0.4) is 0 Å². The average molecular weight is 344 g/mol. The van der Waals surface area contributed by atoms with Crippen molar-refractivity contribution in [3.8, 4) is 0 Å². The first kappa shape index (κ1) is 18.6. The van der Waals surface area contributed by atoms with E-state index in [-0.39, 0.29) is 12.5 Å². The number of piperidine rings is 1. The fourth-order valence-electron chi connectivity index (χ4n) is 2.83. The largest absolute Gasteiger partial charge is 0.444 e. The first-order valence-corrected chi connectivity index (χ1v) is 7.88. The summed E-state index contributed by atoms with van der Waals surface area (Å²) < 4.78 is 43.9. The van der Waals surface area contributed by atoms with Gasteiger partial charge >= 0.3 is 12.3 Å². The van der Waals surface area contributed by atoms with E-state index in [1.54, 1.807) is 26.8 Å². The number of likely N-dealkylation sites (tertiary alicyclic amines) is 1. The van der Waals surface area contributed by atoms with E-state index in [0.29, 0.717) is 18.5 Å². The van der Waals surface area contributed by atoms with E-state index in [2.05, 4.69) is 0 Å². The predicted molar refractivity (Wildman–Crippen MR) is 84.6 cm³/mol. The van der Waals surface area contributed by atoms with Crippen molar-refractivity contribution in [2.24, 2.45) is 5.73 Å². The van der Waals surface area contributed by atoms with Gasteiger partial charge in [0.2, 0.25) is 0 Å². The fourth-order valence-corrected chi connectivity index (χ4v) is 2.83. The van der Waals surface area contributed by atoms with Gasteiger partial charge in [-0.25, -0.2) is 4.79 Å². The number of nitrogens with zero attached hydrogens (tertiary/aromatic N) is 1. The molecule has 1 fully saturated rings. The van der Waals surface area contributed by atoms with Crippen LogP contribution in [0.1, 0.15) is 44.2 Å². The number of hydrogen-bond acceptors (Lipinski definition) is 3. The van der Waals surface area contributed by atoms with Crippen LogP contribution in [0.25, 0.3) is 0 Å². The van der Waals surface area contributed by atoms with E-state index in [1.165, 1.54) is 11.0 Å². The number of carbonyl (C=O) groups is 1. The van der Waals surface area contributed by atoms with E-state index < -0.39 is 29.5 Å². The molecule has 0 saturated carbocycles. The monoisotopic (exact) mass is 344 g/mol. The fraction of sp³-hybridized carbons (Fsp3) is 0.588. The summed E-state index contributed by atoms with van der Waals surface area (Å²) in [6, 6.07) is 4.81. The Morgan fingerprint density at radius 2 is 1.96 bits per heavy atom. The molecule has 0 aromatic heterocycles. The molecule has 2 N–H and O–H groups in total. The van der Waals surface area contributed by atoms with Crippen LogP contribution in [0.15, 0.2) is 24.3 Å². The van der Waals surface area contributed by atoms with Crippen molar-refractivity contribution < 1.29 is 22.7 Å². The maximum absolute atomic E-state index is 12.9. The zero-order chi connectivity index (χ0) is 18.1. The zero-order valence-corrected chi connectivity index (χ0v) is 14.1. The molecule has 1 heterocycles. The molecule has 0 spiro atoms. The highest BCUT2D eigenvalue weighted by molar-refractivity contribution is 5.68. The quantitative estimate of drug-likeness (QED) is 0.844. The van der Waals surface area contributed by atoms with Crippen LogP contribution in [-0.2, 0) is 10.9 Å². The van der Waals surface area contributed by atoms with Crippen molar-refractivity contribution in [2.45, 2.75) is 50.9 Å². The molecule has 0 unspecified atom stereocenters. The summed E-state index contributed by atoms with van der Waals surface area (Å²) >= 11 is 0. The Morgan fingerprint density at radius 3 is 2.50 bits per heavy atom. The third kappa shape index (κ3) is 4.63. The molecule has 134 valence electrons. The second-order valence-electron chi connectivity index (χ2n) is 7.11. The lowest BCUT2D eigenvalue weighted by Gasteiger charge is -2.37. The van der Waals surface area contributed by atoms with E-state index in [4.69, 9.17) is 10.5 Å². The molecule has 0 aliphatic carbocycles. The van der Waals surface area contributed by atoms with Gasteiger partial charge in [-0.2, -0.15) is 13.2 Å². The second kappa shape index (κ2) is 6.63. The van der Waals surface area contributed by atoms with E-state index >= 15 is 0 Å². The molecule has 1 saturated heterocycles. The van der Waals surface area contributed by atoms with Crippen LogP contribution in [-0.4, -0.2) is 35.7 Å². The highest BCUT2D eigenvalue weighted by Crippen LogP contribution is 2.34. The van der Waals surface area contributed by atoms with Crippen molar-refractivity contribution in [1.82, 2.24) is 4.90 Å². The van der Waals surface area contributed by atoms with Gasteiger partial charge in [0.15, 0.2) is 0 Å². The molecule has 1 aliphatic heterocycles. The Bertz CT molecular complexity index is 596. The Hall–Kier alpha value is -1.76. The smallest absolute Gasteiger partial charge is 0.416 e. The zero-order valence-electron chi connectivity index (χ0n) is 14.1. The third-order valence-corrected chi connectivity index (χ3v) is 3.95. The van der Waals surface area contributed by atoms with Gasteiger partial charge in [-0.3, -0.25) is 0 Å². The van der Waals surface area contributed by atoms with E-state index in [0.717, 1.165) is 12.1 Å². The highest BCUT2D eigenvalue weighted by Gasteiger charge is 2.35. The van der Waals surface area contributed by atoms with Gasteiger partial charge in [-0.1, -0.05) is 18.2 Å². The molecular weight excluding hydrogens is 321 g/mol. The highest BCUT2D eigenvalue weighted by atomic mass is 19.4. The van der Waals surface area contributed by atoms with Crippen LogP contribution in [0.4, 0.5) is 18.0 Å². The third-order valence-electron chi connectivity index (χ3n) is 3.95. The summed E-state index contributed by atoms with van der Waals surface area (Å²) in [5.74, 6) is -0.217.